The van der Waals surface area contributed by atoms with E-state index in [1.807, 2.05) is 24.3 Å². The third-order valence-corrected chi connectivity index (χ3v) is 3.03. The molecule has 1 atom stereocenters. The van der Waals surface area contributed by atoms with Crippen molar-refractivity contribution in [3.63, 3.8) is 0 Å². The Morgan fingerprint density at radius 3 is 2.61 bits per heavy atom. The zero-order chi connectivity index (χ0) is 13.4. The van der Waals surface area contributed by atoms with Gasteiger partial charge in [0.2, 0.25) is 0 Å². The van der Waals surface area contributed by atoms with E-state index in [9.17, 15) is 4.79 Å². The van der Waals surface area contributed by atoms with Gasteiger partial charge in [-0.25, -0.2) is 0 Å². The van der Waals surface area contributed by atoms with E-state index in [0.29, 0.717) is 19.4 Å². The van der Waals surface area contributed by atoms with E-state index in [-0.39, 0.29) is 11.8 Å². The minimum Gasteiger partial charge on any atom is -0.494 e. The van der Waals surface area contributed by atoms with Crippen LogP contribution in [0.5, 0.6) is 5.75 Å². The average molecular weight is 271 g/mol. The quantitative estimate of drug-likeness (QED) is 0.726. The van der Waals surface area contributed by atoms with Gasteiger partial charge in [-0.3, -0.25) is 4.79 Å². The summed E-state index contributed by atoms with van der Waals surface area (Å²) in [5, 5.41) is 8.42. The van der Waals surface area contributed by atoms with Crippen molar-refractivity contribution in [2.75, 3.05) is 6.61 Å². The lowest BCUT2D eigenvalue weighted by molar-refractivity contribution is -0.137. The van der Waals surface area contributed by atoms with Crippen LogP contribution in [0.4, 0.5) is 0 Å². The van der Waals surface area contributed by atoms with Crippen LogP contribution >= 0.6 is 11.6 Å². The Bertz CT molecular complexity index is 362. The largest absolute Gasteiger partial charge is 0.494 e. The number of carboxylic acids is 1. The van der Waals surface area contributed by atoms with Crippen LogP contribution in [0.15, 0.2) is 24.3 Å². The van der Waals surface area contributed by atoms with Crippen molar-refractivity contribution >= 4 is 17.6 Å². The van der Waals surface area contributed by atoms with Crippen LogP contribution in [0.2, 0.25) is 0 Å². The molecule has 0 saturated carbocycles. The molecule has 3 nitrogen and oxygen atoms in total. The van der Waals surface area contributed by atoms with Crippen LogP contribution in [-0.4, -0.2) is 17.7 Å². The second-order valence-corrected chi connectivity index (χ2v) is 4.70. The topological polar surface area (TPSA) is 46.5 Å². The van der Waals surface area contributed by atoms with Crippen molar-refractivity contribution in [2.24, 2.45) is 0 Å². The molecule has 0 aliphatic carbocycles. The molecule has 0 saturated heterocycles. The molecule has 0 heterocycles. The van der Waals surface area contributed by atoms with Crippen LogP contribution in [0, 0.1) is 0 Å². The zero-order valence-corrected chi connectivity index (χ0v) is 11.3. The van der Waals surface area contributed by atoms with Gasteiger partial charge in [-0.1, -0.05) is 19.1 Å². The molecule has 0 bridgehead atoms. The Hall–Kier alpha value is -1.22. The van der Waals surface area contributed by atoms with Gasteiger partial charge in [-0.2, -0.15) is 0 Å². The summed E-state index contributed by atoms with van der Waals surface area (Å²) in [6.45, 7) is 2.77. The van der Waals surface area contributed by atoms with E-state index in [0.717, 1.165) is 17.7 Å². The van der Waals surface area contributed by atoms with Gasteiger partial charge in [0, 0.05) is 6.42 Å². The van der Waals surface area contributed by atoms with Gasteiger partial charge in [-0.15, -0.1) is 11.6 Å². The number of hydrogen-bond donors (Lipinski definition) is 1. The van der Waals surface area contributed by atoms with Crippen molar-refractivity contribution in [3.05, 3.63) is 29.8 Å². The SMILES string of the molecule is CCCOc1ccc(C(Cl)CCCC(=O)O)cc1. The molecule has 0 radical (unpaired) electrons. The van der Waals surface area contributed by atoms with Crippen LogP contribution < -0.4 is 4.74 Å². The molecule has 0 aliphatic heterocycles. The van der Waals surface area contributed by atoms with Crippen LogP contribution in [0.1, 0.15) is 43.5 Å². The van der Waals surface area contributed by atoms with Gasteiger partial charge in [0.1, 0.15) is 5.75 Å². The van der Waals surface area contributed by atoms with Crippen molar-refractivity contribution in [1.29, 1.82) is 0 Å². The monoisotopic (exact) mass is 270 g/mol. The van der Waals surface area contributed by atoms with Crippen molar-refractivity contribution in [1.82, 2.24) is 0 Å². The number of carboxylic acid groups (broad SMARTS) is 1. The average Bonchev–Trinajstić information content (AvgIpc) is 2.36. The molecule has 1 aromatic rings. The third kappa shape index (κ3) is 5.41. The van der Waals surface area contributed by atoms with Gasteiger partial charge in [-0.05, 0) is 37.0 Å². The Kier molecular flexibility index (Phi) is 6.58. The number of halogens is 1. The van der Waals surface area contributed by atoms with Gasteiger partial charge in [0.25, 0.3) is 0 Å². The summed E-state index contributed by atoms with van der Waals surface area (Å²) in [5.41, 5.74) is 1.01. The Morgan fingerprint density at radius 2 is 2.06 bits per heavy atom. The highest BCUT2D eigenvalue weighted by atomic mass is 35.5. The molecule has 0 aliphatic rings. The van der Waals surface area contributed by atoms with Crippen LogP contribution in [0.3, 0.4) is 0 Å². The third-order valence-electron chi connectivity index (χ3n) is 2.56. The van der Waals surface area contributed by atoms with Crippen molar-refractivity contribution in [2.45, 2.75) is 38.0 Å². The normalized spacial score (nSPS) is 12.1. The van der Waals surface area contributed by atoms with Gasteiger partial charge in [0.05, 0.1) is 12.0 Å². The number of hydrogen-bond acceptors (Lipinski definition) is 2. The first kappa shape index (κ1) is 14.8. The summed E-state index contributed by atoms with van der Waals surface area (Å²) in [7, 11) is 0. The first-order valence-corrected chi connectivity index (χ1v) is 6.65. The molecule has 1 unspecified atom stereocenters. The maximum absolute atomic E-state index is 10.4. The Labute approximate surface area is 113 Å². The van der Waals surface area contributed by atoms with E-state index in [1.165, 1.54) is 0 Å². The molecule has 0 aromatic heterocycles. The number of ether oxygens (including phenoxy) is 1. The zero-order valence-electron chi connectivity index (χ0n) is 10.6. The number of rotatable bonds is 8. The maximum Gasteiger partial charge on any atom is 0.303 e. The summed E-state index contributed by atoms with van der Waals surface area (Å²) < 4.78 is 5.48. The van der Waals surface area contributed by atoms with Crippen LogP contribution in [-0.2, 0) is 4.79 Å². The molecule has 1 aromatic carbocycles. The molecule has 0 spiro atoms. The van der Waals surface area contributed by atoms with E-state index < -0.39 is 5.97 Å². The van der Waals surface area contributed by atoms with Crippen LogP contribution in [0.25, 0.3) is 0 Å². The van der Waals surface area contributed by atoms with E-state index in [4.69, 9.17) is 21.4 Å². The summed E-state index contributed by atoms with van der Waals surface area (Å²) >= 11 is 6.21. The molecule has 0 fully saturated rings. The lowest BCUT2D eigenvalue weighted by Gasteiger charge is -2.10. The fourth-order valence-corrected chi connectivity index (χ4v) is 1.89. The smallest absolute Gasteiger partial charge is 0.303 e. The minimum atomic E-state index is -0.776. The number of benzene rings is 1. The number of carbonyl (C=O) groups is 1. The molecule has 18 heavy (non-hydrogen) atoms. The van der Waals surface area contributed by atoms with E-state index >= 15 is 0 Å². The summed E-state index contributed by atoms with van der Waals surface area (Å²) in [4.78, 5) is 10.4. The van der Waals surface area contributed by atoms with Crippen molar-refractivity contribution < 1.29 is 14.6 Å². The Morgan fingerprint density at radius 1 is 1.39 bits per heavy atom. The number of alkyl halides is 1. The van der Waals surface area contributed by atoms with Gasteiger partial charge >= 0.3 is 5.97 Å². The molecule has 100 valence electrons. The molecule has 1 N–H and O–H groups in total. The Balaban J connectivity index is 2.43. The second-order valence-electron chi connectivity index (χ2n) is 4.17. The highest BCUT2D eigenvalue weighted by molar-refractivity contribution is 6.20. The van der Waals surface area contributed by atoms with Gasteiger partial charge < -0.3 is 9.84 Å². The van der Waals surface area contributed by atoms with E-state index in [2.05, 4.69) is 6.92 Å². The molecular formula is C14H19ClO3. The van der Waals surface area contributed by atoms with Gasteiger partial charge in [0.15, 0.2) is 0 Å². The first-order valence-electron chi connectivity index (χ1n) is 6.22. The predicted octanol–water partition coefficient (Wildman–Crippen LogP) is 4.01. The van der Waals surface area contributed by atoms with E-state index in [1.54, 1.807) is 0 Å². The molecule has 1 rings (SSSR count). The highest BCUT2D eigenvalue weighted by Crippen LogP contribution is 2.27. The number of aliphatic carboxylic acids is 1. The molecule has 4 heteroatoms. The summed E-state index contributed by atoms with van der Waals surface area (Å²) in [6, 6.07) is 7.67. The first-order chi connectivity index (χ1) is 8.63. The fraction of sp³-hybridized carbons (Fsp3) is 0.500. The minimum absolute atomic E-state index is 0.135. The highest BCUT2D eigenvalue weighted by Gasteiger charge is 2.09. The molecule has 0 amide bonds. The lowest BCUT2D eigenvalue weighted by atomic mass is 10.1. The fourth-order valence-electron chi connectivity index (χ4n) is 1.59. The second kappa shape index (κ2) is 7.98. The summed E-state index contributed by atoms with van der Waals surface area (Å²) in [5.74, 6) is 0.0668. The van der Waals surface area contributed by atoms with Crippen molar-refractivity contribution in [3.8, 4) is 5.75 Å². The lowest BCUT2D eigenvalue weighted by Crippen LogP contribution is -1.98. The predicted molar refractivity (Wildman–Crippen MR) is 72.3 cm³/mol. The molecular weight excluding hydrogens is 252 g/mol. The standard InChI is InChI=1S/C14H19ClO3/c1-2-10-18-12-8-6-11(7-9-12)13(15)4-3-5-14(16)17/h6-9,13H,2-5,10H2,1H3,(H,16,17). The maximum atomic E-state index is 10.4. The summed E-state index contributed by atoms with van der Waals surface area (Å²) in [6.07, 6.45) is 2.41.